The number of allylic oxidation sites excluding steroid dienone is 1. The Labute approximate surface area is 329 Å². The highest BCUT2D eigenvalue weighted by Crippen LogP contribution is 2.51. The van der Waals surface area contributed by atoms with Crippen LogP contribution < -0.4 is 0 Å². The summed E-state index contributed by atoms with van der Waals surface area (Å²) in [5.41, 5.74) is 1.90. The summed E-state index contributed by atoms with van der Waals surface area (Å²) in [6.07, 6.45) is 0.224. The Morgan fingerprint density at radius 1 is 0.789 bits per heavy atom. The molecular weight excluding hydrogens is 769 g/mol. The predicted octanol–water partition coefficient (Wildman–Crippen LogP) is 12.2. The summed E-state index contributed by atoms with van der Waals surface area (Å²) in [4.78, 5) is 20.9. The van der Waals surface area contributed by atoms with Gasteiger partial charge in [-0.2, -0.15) is 26.3 Å². The van der Waals surface area contributed by atoms with E-state index in [-0.39, 0.29) is 49.2 Å². The number of esters is 1. The van der Waals surface area contributed by atoms with Crippen molar-refractivity contribution in [3.05, 3.63) is 114 Å². The van der Waals surface area contributed by atoms with Crippen LogP contribution in [0.4, 0.5) is 26.3 Å². The van der Waals surface area contributed by atoms with E-state index < -0.39 is 31.1 Å². The van der Waals surface area contributed by atoms with Gasteiger partial charge in [0.1, 0.15) is 6.10 Å². The maximum absolute atomic E-state index is 13.0. The Balaban J connectivity index is 0.000000225. The van der Waals surface area contributed by atoms with Gasteiger partial charge in [-0.1, -0.05) is 62.7 Å². The number of hydrogen-bond acceptors (Lipinski definition) is 7. The van der Waals surface area contributed by atoms with Crippen molar-refractivity contribution < 1.29 is 49.5 Å². The number of carbonyl (C=O) groups is 1. The van der Waals surface area contributed by atoms with E-state index in [9.17, 15) is 35.7 Å². The predicted molar refractivity (Wildman–Crippen MR) is 207 cm³/mol. The van der Waals surface area contributed by atoms with Crippen LogP contribution in [0.2, 0.25) is 0 Å². The molecule has 1 saturated carbocycles. The molecule has 0 spiro atoms. The van der Waals surface area contributed by atoms with E-state index in [2.05, 4.69) is 29.9 Å². The lowest BCUT2D eigenvalue weighted by molar-refractivity contribution is -0.144. The normalized spacial score (nSPS) is 22.5. The highest BCUT2D eigenvalue weighted by atomic mass is 31.2. The van der Waals surface area contributed by atoms with Crippen LogP contribution in [0, 0.1) is 29.6 Å². The van der Waals surface area contributed by atoms with Gasteiger partial charge in [-0.25, -0.2) is 0 Å². The zero-order valence-corrected chi connectivity index (χ0v) is 33.3. The molecule has 57 heavy (non-hydrogen) atoms. The number of carbonyl (C=O) groups excluding carboxylic acids is 1. The molecule has 6 rings (SSSR count). The van der Waals surface area contributed by atoms with E-state index >= 15 is 0 Å². The topological polar surface area (TPSA) is 87.6 Å². The largest absolute Gasteiger partial charge is 0.462 e. The number of pyridine rings is 2. The minimum absolute atomic E-state index is 0.0115. The molecule has 2 aliphatic rings. The van der Waals surface area contributed by atoms with Crippen molar-refractivity contribution in [1.82, 2.24) is 9.97 Å². The van der Waals surface area contributed by atoms with Gasteiger partial charge in [0.05, 0.1) is 47.8 Å². The lowest BCUT2D eigenvalue weighted by Crippen LogP contribution is -2.40. The molecule has 2 aromatic carbocycles. The molecular formula is C43H47F6N2O5P. The standard InChI is InChI=1S/C26H28F3NO2.C17H19F3NO3P/c1-4-21-15(2)12-23-24(16(3)32-25(23)31)22(21)11-10-20-9-8-18(14-30-20)17-6-5-7-19(13-17)26(27,28)29;1-3-23-25(22,24-4-2)12-16-9-8-14(11-21-16)13-6-5-7-15(10-13)17(18,19)20/h5-11,13-16,21-24H,4,12H2,1-3H3;5-11H,3-4,12H2,1-2H3/b11-10+;. The van der Waals surface area contributed by atoms with E-state index in [0.29, 0.717) is 39.8 Å². The Kier molecular flexibility index (Phi) is 14.2. The van der Waals surface area contributed by atoms with Crippen molar-refractivity contribution in [3.8, 4) is 22.3 Å². The number of halogens is 6. The molecule has 0 amide bonds. The van der Waals surface area contributed by atoms with Gasteiger partial charge in [-0.05, 0) is 98.5 Å². The van der Waals surface area contributed by atoms with Gasteiger partial charge in [0.15, 0.2) is 0 Å². The molecule has 14 heteroatoms. The fraction of sp³-hybridized carbons (Fsp3) is 0.419. The summed E-state index contributed by atoms with van der Waals surface area (Å²) >= 11 is 0. The van der Waals surface area contributed by atoms with Crippen molar-refractivity contribution in [2.45, 2.75) is 72.1 Å². The SMILES string of the molecule is CCC1C(C)CC2C(=O)OC(C)C2C1/C=C/c1ccc(-c2cccc(C(F)(F)F)c2)cn1.CCOP(=O)(Cc1ccc(-c2cccc(C(F)(F)F)c2)cn1)OCC. The number of alkyl halides is 6. The molecule has 2 fully saturated rings. The molecule has 4 aromatic rings. The van der Waals surface area contributed by atoms with Gasteiger partial charge in [-0.3, -0.25) is 19.3 Å². The Bertz CT molecular complexity index is 2030. The summed E-state index contributed by atoms with van der Waals surface area (Å²) in [6, 6.07) is 17.1. The van der Waals surface area contributed by atoms with E-state index in [1.807, 2.05) is 19.1 Å². The van der Waals surface area contributed by atoms with Gasteiger partial charge in [0, 0.05) is 29.4 Å². The van der Waals surface area contributed by atoms with Crippen molar-refractivity contribution in [3.63, 3.8) is 0 Å². The molecule has 1 aliphatic carbocycles. The summed E-state index contributed by atoms with van der Waals surface area (Å²) in [7, 11) is -3.27. The molecule has 0 N–H and O–H groups in total. The number of rotatable bonds is 11. The van der Waals surface area contributed by atoms with Crippen LogP contribution in [-0.4, -0.2) is 35.3 Å². The number of cyclic esters (lactones) is 1. The van der Waals surface area contributed by atoms with Crippen molar-refractivity contribution in [2.24, 2.45) is 29.6 Å². The third-order valence-electron chi connectivity index (χ3n) is 10.5. The highest BCUT2D eigenvalue weighted by molar-refractivity contribution is 7.53. The average Bonchev–Trinajstić information content (AvgIpc) is 3.45. The van der Waals surface area contributed by atoms with Gasteiger partial charge < -0.3 is 13.8 Å². The lowest BCUT2D eigenvalue weighted by atomic mass is 9.61. The smallest absolute Gasteiger partial charge is 0.416 e. The first kappa shape index (κ1) is 43.8. The maximum Gasteiger partial charge on any atom is 0.416 e. The molecule has 306 valence electrons. The molecule has 1 aliphatic heterocycles. The van der Waals surface area contributed by atoms with Gasteiger partial charge >= 0.3 is 25.9 Å². The zero-order chi connectivity index (χ0) is 41.5. The van der Waals surface area contributed by atoms with Crippen molar-refractivity contribution >= 4 is 19.6 Å². The fourth-order valence-electron chi connectivity index (χ4n) is 7.90. The Morgan fingerprint density at radius 2 is 1.35 bits per heavy atom. The van der Waals surface area contributed by atoms with Crippen LogP contribution >= 0.6 is 7.60 Å². The van der Waals surface area contributed by atoms with Crippen LogP contribution in [0.3, 0.4) is 0 Å². The van der Waals surface area contributed by atoms with E-state index in [1.165, 1.54) is 18.3 Å². The van der Waals surface area contributed by atoms with Crippen molar-refractivity contribution in [1.29, 1.82) is 0 Å². The number of fused-ring (bicyclic) bond motifs is 1. The van der Waals surface area contributed by atoms with Crippen LogP contribution in [0.5, 0.6) is 0 Å². The van der Waals surface area contributed by atoms with E-state index in [1.54, 1.807) is 50.4 Å². The molecule has 2 aromatic heterocycles. The molecule has 3 heterocycles. The molecule has 0 radical (unpaired) electrons. The highest BCUT2D eigenvalue weighted by Gasteiger charge is 2.52. The Morgan fingerprint density at radius 3 is 1.82 bits per heavy atom. The quantitative estimate of drug-likeness (QED) is 0.0846. The minimum Gasteiger partial charge on any atom is -0.462 e. The first-order chi connectivity index (χ1) is 27.0. The molecule has 1 saturated heterocycles. The summed E-state index contributed by atoms with van der Waals surface area (Å²) in [6.45, 7) is 10.3. The monoisotopic (exact) mass is 816 g/mol. The van der Waals surface area contributed by atoms with Crippen LogP contribution in [0.25, 0.3) is 28.3 Å². The summed E-state index contributed by atoms with van der Waals surface area (Å²) in [5, 5.41) is 0. The molecule has 7 nitrogen and oxygen atoms in total. The molecule has 6 atom stereocenters. The van der Waals surface area contributed by atoms with Crippen LogP contribution in [0.1, 0.15) is 70.0 Å². The second-order valence-corrected chi connectivity index (χ2v) is 16.4. The minimum atomic E-state index is -4.40. The van der Waals surface area contributed by atoms with Crippen LogP contribution in [-0.2, 0) is 41.7 Å². The summed E-state index contributed by atoms with van der Waals surface area (Å²) < 4.78 is 106. The third kappa shape index (κ3) is 11.0. The van der Waals surface area contributed by atoms with Gasteiger partial charge in [0.25, 0.3) is 0 Å². The van der Waals surface area contributed by atoms with Gasteiger partial charge in [-0.15, -0.1) is 0 Å². The number of hydrogen-bond donors (Lipinski definition) is 0. The van der Waals surface area contributed by atoms with E-state index in [0.717, 1.165) is 42.8 Å². The third-order valence-corrected chi connectivity index (χ3v) is 12.5. The Hall–Kier alpha value is -4.32. The number of nitrogens with zero attached hydrogens (tertiary/aromatic N) is 2. The first-order valence-electron chi connectivity index (χ1n) is 19.0. The van der Waals surface area contributed by atoms with Crippen LogP contribution in [0.15, 0.2) is 91.3 Å². The van der Waals surface area contributed by atoms with Crippen molar-refractivity contribution in [2.75, 3.05) is 13.2 Å². The van der Waals surface area contributed by atoms with Gasteiger partial charge in [0.2, 0.25) is 0 Å². The number of benzene rings is 2. The fourth-order valence-corrected chi connectivity index (χ4v) is 9.53. The zero-order valence-electron chi connectivity index (χ0n) is 32.4. The first-order valence-corrected chi connectivity index (χ1v) is 20.7. The number of ether oxygens (including phenoxy) is 1. The number of aromatic nitrogens is 2. The average molecular weight is 817 g/mol. The molecule has 0 bridgehead atoms. The molecule has 6 unspecified atom stereocenters. The second-order valence-electron chi connectivity index (χ2n) is 14.3. The summed E-state index contributed by atoms with van der Waals surface area (Å²) in [5.74, 6) is 1.17. The second kappa shape index (κ2) is 18.5. The van der Waals surface area contributed by atoms with E-state index in [4.69, 9.17) is 13.8 Å². The lowest BCUT2D eigenvalue weighted by Gasteiger charge is -2.41. The maximum atomic E-state index is 13.0.